The van der Waals surface area contributed by atoms with Crippen molar-refractivity contribution >= 4 is 58.6 Å². The Morgan fingerprint density at radius 1 is 0.603 bits per heavy atom. The number of esters is 1. The molecule has 0 spiro atoms. The third-order valence-electron chi connectivity index (χ3n) is 13.4. The van der Waals surface area contributed by atoms with Gasteiger partial charge in [-0.05, 0) is 73.9 Å². The fourth-order valence-electron chi connectivity index (χ4n) is 9.58. The quantitative estimate of drug-likeness (QED) is 0.0133. The number of aliphatic hydroxyl groups is 2. The summed E-state index contributed by atoms with van der Waals surface area (Å²) in [6, 6.07) is 59.8. The van der Waals surface area contributed by atoms with Crippen LogP contribution in [0.25, 0.3) is 0 Å². The molecule has 0 unspecified atom stereocenters. The van der Waals surface area contributed by atoms with Gasteiger partial charge in [0, 0.05) is 12.2 Å². The Morgan fingerprint density at radius 2 is 1.05 bits per heavy atom. The first-order chi connectivity index (χ1) is 37.9. The molecule has 404 valence electrons. The summed E-state index contributed by atoms with van der Waals surface area (Å²) in [5.41, 5.74) is 7.08. The molecule has 0 saturated heterocycles. The molecule has 7 rings (SSSR count). The highest BCUT2D eigenvalue weighted by Crippen LogP contribution is 2.50. The van der Waals surface area contributed by atoms with E-state index in [0.717, 1.165) is 38.9 Å². The number of hydrogen-bond acceptors (Lipinski definition) is 10. The standard InChI is InChI=1S/C65H69N3O7S3/c1-4-39-75-60(72)44-58(70)61(47(2)3)68-63(74)57(46-78-65(52-31-17-8-18-32-52,53-33-19-9-20-34-53)54-35-21-10-22-36-54)67-62(73)56(42-48-38-41-76-45-48)66-59(71)43-55(69)37-23-24-40-77-64(49-25-11-5-12-26-49,50-27-13-6-14-28-50)51-29-15-7-16-30-51/h4-23,25-38,41,45,47,55-58,61,69-70H,1,24,39-40,42-44,46H2,2-3H3,(H,66,71)(H,67,73)(H,68,74)/t55-,56-,57-,58+,61-/m1/s1. The van der Waals surface area contributed by atoms with Gasteiger partial charge in [0.2, 0.25) is 17.7 Å². The van der Waals surface area contributed by atoms with Crippen molar-refractivity contribution in [2.75, 3.05) is 18.1 Å². The van der Waals surface area contributed by atoms with Gasteiger partial charge in [-0.3, -0.25) is 19.2 Å². The summed E-state index contributed by atoms with van der Waals surface area (Å²) in [7, 11) is 0. The third kappa shape index (κ3) is 15.6. The van der Waals surface area contributed by atoms with Gasteiger partial charge in [0.15, 0.2) is 0 Å². The monoisotopic (exact) mass is 1100 g/mol. The molecule has 0 aliphatic rings. The van der Waals surface area contributed by atoms with E-state index in [0.29, 0.717) is 12.2 Å². The van der Waals surface area contributed by atoms with E-state index >= 15 is 0 Å². The summed E-state index contributed by atoms with van der Waals surface area (Å²) < 4.78 is 3.79. The summed E-state index contributed by atoms with van der Waals surface area (Å²) in [5, 5.41) is 35.3. The van der Waals surface area contributed by atoms with Crippen LogP contribution < -0.4 is 16.0 Å². The molecule has 0 fully saturated rings. The van der Waals surface area contributed by atoms with E-state index in [1.165, 1.54) is 29.2 Å². The third-order valence-corrected chi connectivity index (χ3v) is 17.3. The van der Waals surface area contributed by atoms with Crippen molar-refractivity contribution in [2.45, 2.75) is 79.4 Å². The minimum Gasteiger partial charge on any atom is -0.461 e. The zero-order valence-corrected chi connectivity index (χ0v) is 46.5. The molecule has 6 aromatic carbocycles. The van der Waals surface area contributed by atoms with Crippen molar-refractivity contribution < 1.29 is 34.1 Å². The van der Waals surface area contributed by atoms with Gasteiger partial charge in [-0.1, -0.05) is 221 Å². The maximum absolute atomic E-state index is 14.9. The highest BCUT2D eigenvalue weighted by atomic mass is 32.2. The Morgan fingerprint density at radius 3 is 1.47 bits per heavy atom. The molecule has 10 nitrogen and oxygen atoms in total. The van der Waals surface area contributed by atoms with Gasteiger partial charge in [-0.15, -0.1) is 23.5 Å². The van der Waals surface area contributed by atoms with Crippen molar-refractivity contribution in [3.05, 3.63) is 263 Å². The minimum absolute atomic E-state index is 0.0270. The minimum atomic E-state index is -1.32. The fraction of sp³-hybridized carbons (Fsp3) is 0.262. The van der Waals surface area contributed by atoms with E-state index in [2.05, 4.69) is 95.3 Å². The van der Waals surface area contributed by atoms with Crippen molar-refractivity contribution in [1.29, 1.82) is 0 Å². The number of thiophene rings is 1. The number of thioether (sulfide) groups is 2. The molecular formula is C65H69N3O7S3. The van der Waals surface area contributed by atoms with Gasteiger partial charge in [0.25, 0.3) is 0 Å². The Kier molecular flexibility index (Phi) is 22.3. The number of aliphatic hydroxyl groups excluding tert-OH is 2. The molecule has 7 aromatic rings. The topological polar surface area (TPSA) is 154 Å². The van der Waals surface area contributed by atoms with Gasteiger partial charge >= 0.3 is 5.97 Å². The fourth-order valence-corrected chi connectivity index (χ4v) is 13.3. The van der Waals surface area contributed by atoms with Crippen LogP contribution in [0.15, 0.2) is 224 Å². The van der Waals surface area contributed by atoms with E-state index < -0.39 is 63.5 Å². The molecule has 0 radical (unpaired) electrons. The van der Waals surface area contributed by atoms with E-state index in [-0.39, 0.29) is 37.5 Å². The molecule has 3 amide bonds. The van der Waals surface area contributed by atoms with Crippen molar-refractivity contribution in [2.24, 2.45) is 5.92 Å². The van der Waals surface area contributed by atoms with Crippen LogP contribution in [0, 0.1) is 5.92 Å². The summed E-state index contributed by atoms with van der Waals surface area (Å²) >= 11 is 4.73. The maximum atomic E-state index is 14.9. The largest absolute Gasteiger partial charge is 0.461 e. The molecular weight excluding hydrogens is 1030 g/mol. The second-order valence-electron chi connectivity index (χ2n) is 19.2. The lowest BCUT2D eigenvalue weighted by Gasteiger charge is -2.37. The van der Waals surface area contributed by atoms with Crippen LogP contribution >= 0.6 is 34.9 Å². The second-order valence-corrected chi connectivity index (χ2v) is 22.6. The summed E-state index contributed by atoms with van der Waals surface area (Å²) in [4.78, 5) is 56.4. The highest BCUT2D eigenvalue weighted by molar-refractivity contribution is 8.00. The Balaban J connectivity index is 1.11. The Labute approximate surface area is 471 Å². The molecule has 5 atom stereocenters. The lowest BCUT2D eigenvalue weighted by Crippen LogP contribution is -2.58. The molecule has 13 heteroatoms. The molecule has 1 heterocycles. The van der Waals surface area contributed by atoms with E-state index in [4.69, 9.17) is 4.74 Å². The average Bonchev–Trinajstić information content (AvgIpc) is 4.01. The zero-order valence-electron chi connectivity index (χ0n) is 44.1. The Bertz CT molecular complexity index is 2770. The molecule has 0 bridgehead atoms. The lowest BCUT2D eigenvalue weighted by molar-refractivity contribution is -0.145. The normalized spacial score (nSPS) is 13.7. The smallest absolute Gasteiger partial charge is 0.308 e. The second kappa shape index (κ2) is 29.7. The van der Waals surface area contributed by atoms with Crippen molar-refractivity contribution in [3.63, 3.8) is 0 Å². The average molecular weight is 1100 g/mol. The van der Waals surface area contributed by atoms with Gasteiger partial charge in [-0.25, -0.2) is 0 Å². The van der Waals surface area contributed by atoms with E-state index in [1.54, 1.807) is 17.8 Å². The number of allylic oxidation sites excluding steroid dienone is 1. The number of amides is 3. The zero-order chi connectivity index (χ0) is 55.2. The molecule has 1 aromatic heterocycles. The number of ether oxygens (including phenoxy) is 1. The number of nitrogens with one attached hydrogen (secondary N) is 3. The molecule has 0 aliphatic heterocycles. The molecule has 78 heavy (non-hydrogen) atoms. The van der Waals surface area contributed by atoms with Gasteiger partial charge in [-0.2, -0.15) is 11.3 Å². The van der Waals surface area contributed by atoms with Gasteiger partial charge in [0.1, 0.15) is 18.7 Å². The number of benzene rings is 6. The van der Waals surface area contributed by atoms with E-state index in [9.17, 15) is 29.4 Å². The SMILES string of the molecule is C=CCOC(=O)C[C@H](O)[C@H](NC(=O)[C@@H](CSC(c1ccccc1)(c1ccccc1)c1ccccc1)NC(=O)[C@@H](Cc1ccsc1)NC(=O)C[C@H](O)C=CCCSC(c1ccccc1)(c1ccccc1)c1ccccc1)C(C)C. The first kappa shape index (κ1) is 58.7. The summed E-state index contributed by atoms with van der Waals surface area (Å²) in [6.07, 6.45) is 2.51. The molecule has 0 aliphatic carbocycles. The van der Waals surface area contributed by atoms with Crippen LogP contribution in [0.1, 0.15) is 72.1 Å². The molecule has 0 saturated carbocycles. The maximum Gasteiger partial charge on any atom is 0.308 e. The summed E-state index contributed by atoms with van der Waals surface area (Å²) in [6.45, 7) is 7.20. The van der Waals surface area contributed by atoms with E-state index in [1.807, 2.05) is 146 Å². The van der Waals surface area contributed by atoms with Crippen LogP contribution in [-0.4, -0.2) is 82.3 Å². The van der Waals surface area contributed by atoms with Crippen molar-refractivity contribution in [1.82, 2.24) is 16.0 Å². The Hall–Kier alpha value is -7.00. The highest BCUT2D eigenvalue weighted by Gasteiger charge is 2.41. The number of rotatable bonds is 29. The first-order valence-corrected chi connectivity index (χ1v) is 29.2. The lowest BCUT2D eigenvalue weighted by atomic mass is 9.84. The predicted octanol–water partition coefficient (Wildman–Crippen LogP) is 11.0. The van der Waals surface area contributed by atoms with Gasteiger partial charge in [0.05, 0.1) is 40.6 Å². The number of carbonyl (C=O) groups excluding carboxylic acids is 4. The van der Waals surface area contributed by atoms with Crippen LogP contribution in [0.3, 0.4) is 0 Å². The number of carbonyl (C=O) groups is 4. The van der Waals surface area contributed by atoms with Crippen LogP contribution in [-0.2, 0) is 39.8 Å². The first-order valence-electron chi connectivity index (χ1n) is 26.3. The number of hydrogen-bond donors (Lipinski definition) is 5. The predicted molar refractivity (Wildman–Crippen MR) is 318 cm³/mol. The van der Waals surface area contributed by atoms with Crippen LogP contribution in [0.2, 0.25) is 0 Å². The van der Waals surface area contributed by atoms with Gasteiger partial charge < -0.3 is 30.9 Å². The molecule has 5 N–H and O–H groups in total. The van der Waals surface area contributed by atoms with Crippen molar-refractivity contribution in [3.8, 4) is 0 Å². The van der Waals surface area contributed by atoms with Crippen LogP contribution in [0.5, 0.6) is 0 Å². The van der Waals surface area contributed by atoms with Crippen LogP contribution in [0.4, 0.5) is 0 Å². The summed E-state index contributed by atoms with van der Waals surface area (Å²) in [5.74, 6) is -2.02.